The molecule has 0 bridgehead atoms. The number of nitrogens with zero attached hydrogens (tertiary/aromatic N) is 2. The van der Waals surface area contributed by atoms with Crippen LogP contribution >= 0.6 is 43.6 Å². The van der Waals surface area contributed by atoms with Crippen molar-refractivity contribution >= 4 is 54.5 Å². The molecule has 0 N–H and O–H groups in total. The van der Waals surface area contributed by atoms with Gasteiger partial charge in [0.15, 0.2) is 0 Å². The predicted molar refractivity (Wildman–Crippen MR) is 120 cm³/mol. The van der Waals surface area contributed by atoms with Gasteiger partial charge in [-0.3, -0.25) is 9.36 Å². The first-order valence-electron chi connectivity index (χ1n) is 8.62. The predicted octanol–water partition coefficient (Wildman–Crippen LogP) is 5.95. The molecule has 1 heterocycles. The Morgan fingerprint density at radius 3 is 2.70 bits per heavy atom. The molecule has 27 heavy (non-hydrogen) atoms. The Hall–Kier alpha value is -1.31. The zero-order valence-corrected chi connectivity index (χ0v) is 19.3. The lowest BCUT2D eigenvalue weighted by Crippen LogP contribution is -2.24. The fourth-order valence-electron chi connectivity index (χ4n) is 2.75. The van der Waals surface area contributed by atoms with Crippen molar-refractivity contribution in [3.63, 3.8) is 0 Å². The van der Waals surface area contributed by atoms with Crippen molar-refractivity contribution in [2.75, 3.05) is 7.11 Å². The summed E-state index contributed by atoms with van der Waals surface area (Å²) in [5.74, 6) is 2.00. The van der Waals surface area contributed by atoms with Crippen LogP contribution in [0.3, 0.4) is 0 Å². The molecule has 0 saturated carbocycles. The van der Waals surface area contributed by atoms with E-state index in [1.165, 1.54) is 0 Å². The highest BCUT2D eigenvalue weighted by Gasteiger charge is 2.18. The lowest BCUT2D eigenvalue weighted by molar-refractivity contribution is 0.412. The molecule has 0 saturated heterocycles. The Kier molecular flexibility index (Phi) is 6.65. The van der Waals surface area contributed by atoms with Crippen LogP contribution in [0.4, 0.5) is 0 Å². The first-order chi connectivity index (χ1) is 13.0. The third-order valence-corrected chi connectivity index (χ3v) is 6.75. The van der Waals surface area contributed by atoms with Gasteiger partial charge >= 0.3 is 0 Å². The van der Waals surface area contributed by atoms with Gasteiger partial charge in [0, 0.05) is 14.2 Å². The zero-order chi connectivity index (χ0) is 19.6. The molecule has 2 aromatic carbocycles. The second-order valence-electron chi connectivity index (χ2n) is 6.15. The summed E-state index contributed by atoms with van der Waals surface area (Å²) < 4.78 is 8.80. The molecule has 3 rings (SSSR count). The minimum Gasteiger partial charge on any atom is -0.495 e. The summed E-state index contributed by atoms with van der Waals surface area (Å²) in [7, 11) is 1.61. The third kappa shape index (κ3) is 4.25. The van der Waals surface area contributed by atoms with Crippen molar-refractivity contribution in [1.82, 2.24) is 9.55 Å². The summed E-state index contributed by atoms with van der Waals surface area (Å²) in [5, 5.41) is 1.04. The summed E-state index contributed by atoms with van der Waals surface area (Å²) in [6, 6.07) is 11.3. The highest BCUT2D eigenvalue weighted by molar-refractivity contribution is 9.11. The lowest BCUT2D eigenvalue weighted by Gasteiger charge is -2.17. The summed E-state index contributed by atoms with van der Waals surface area (Å²) in [6.45, 7) is 4.34. The van der Waals surface area contributed by atoms with Crippen LogP contribution in [0, 0.1) is 0 Å². The lowest BCUT2D eigenvalue weighted by atomic mass is 10.2. The quantitative estimate of drug-likeness (QED) is 0.410. The van der Waals surface area contributed by atoms with Gasteiger partial charge in [-0.25, -0.2) is 4.98 Å². The van der Waals surface area contributed by atoms with Gasteiger partial charge in [0.1, 0.15) is 11.6 Å². The van der Waals surface area contributed by atoms with Crippen LogP contribution in [-0.4, -0.2) is 21.9 Å². The van der Waals surface area contributed by atoms with Crippen LogP contribution in [0.1, 0.15) is 26.1 Å². The van der Waals surface area contributed by atoms with Crippen LogP contribution in [-0.2, 0) is 5.75 Å². The summed E-state index contributed by atoms with van der Waals surface area (Å²) in [5.41, 5.74) is 1.27. The van der Waals surface area contributed by atoms with E-state index in [4.69, 9.17) is 9.72 Å². The normalized spacial score (nSPS) is 12.3. The molecule has 0 aliphatic carbocycles. The molecule has 3 aromatic rings. The summed E-state index contributed by atoms with van der Waals surface area (Å²) in [6.07, 6.45) is 1.06. The number of aromatic nitrogens is 2. The Balaban J connectivity index is 2.31. The van der Waals surface area contributed by atoms with E-state index >= 15 is 0 Å². The maximum atomic E-state index is 13.5. The average Bonchev–Trinajstić information content (AvgIpc) is 2.67. The van der Waals surface area contributed by atoms with Gasteiger partial charge in [-0.05, 0) is 46.6 Å². The topological polar surface area (TPSA) is 44.1 Å². The summed E-state index contributed by atoms with van der Waals surface area (Å²) >= 11 is 8.81. The minimum atomic E-state index is -0.105. The van der Waals surface area contributed by atoms with Crippen LogP contribution in [0.25, 0.3) is 16.6 Å². The van der Waals surface area contributed by atoms with E-state index in [-0.39, 0.29) is 5.56 Å². The van der Waals surface area contributed by atoms with E-state index in [0.29, 0.717) is 39.2 Å². The molecule has 0 aliphatic heterocycles. The summed E-state index contributed by atoms with van der Waals surface area (Å²) in [4.78, 5) is 18.3. The minimum absolute atomic E-state index is 0.105. The molecule has 1 unspecified atom stereocenters. The van der Waals surface area contributed by atoms with Crippen molar-refractivity contribution in [2.24, 2.45) is 0 Å². The number of rotatable bonds is 6. The Labute approximate surface area is 179 Å². The van der Waals surface area contributed by atoms with Crippen molar-refractivity contribution in [1.29, 1.82) is 0 Å². The number of fused-ring (bicyclic) bond motifs is 1. The molecule has 142 valence electrons. The molecule has 0 radical (unpaired) electrons. The molecule has 0 fully saturated rings. The molecule has 0 spiro atoms. The second-order valence-corrected chi connectivity index (χ2v) is 9.35. The average molecular weight is 512 g/mol. The van der Waals surface area contributed by atoms with E-state index < -0.39 is 0 Å². The van der Waals surface area contributed by atoms with Gasteiger partial charge in [0.05, 0.1) is 29.5 Å². The van der Waals surface area contributed by atoms with E-state index in [0.717, 1.165) is 15.4 Å². The van der Waals surface area contributed by atoms with E-state index in [9.17, 15) is 4.79 Å². The standard InChI is InChI=1S/C20H20Br2N2O2S/c1-4-12(2)27-11-18-23-19-14(9-13(21)10-15(19)22)20(25)24(18)16-7-5-6-8-17(16)26-3/h5-10,12H,4,11H2,1-3H3. The number of methoxy groups -OCH3 is 1. The smallest absolute Gasteiger partial charge is 0.266 e. The fraction of sp³-hybridized carbons (Fsp3) is 0.300. The molecule has 1 aromatic heterocycles. The molecular weight excluding hydrogens is 492 g/mol. The van der Waals surface area contributed by atoms with Gasteiger partial charge in [-0.1, -0.05) is 41.9 Å². The monoisotopic (exact) mass is 510 g/mol. The van der Waals surface area contributed by atoms with Gasteiger partial charge in [-0.15, -0.1) is 0 Å². The number of thioether (sulfide) groups is 1. The zero-order valence-electron chi connectivity index (χ0n) is 15.3. The highest BCUT2D eigenvalue weighted by atomic mass is 79.9. The van der Waals surface area contributed by atoms with Crippen molar-refractivity contribution < 1.29 is 4.74 Å². The molecule has 0 aliphatic rings. The number of ether oxygens (including phenoxy) is 1. The molecule has 0 amide bonds. The number of hydrogen-bond donors (Lipinski definition) is 0. The first kappa shape index (κ1) is 20.4. The number of hydrogen-bond acceptors (Lipinski definition) is 4. The Morgan fingerprint density at radius 1 is 1.26 bits per heavy atom. The molecule has 4 nitrogen and oxygen atoms in total. The van der Waals surface area contributed by atoms with Crippen LogP contribution in [0.15, 0.2) is 50.1 Å². The number of halogens is 2. The SMILES string of the molecule is CCC(C)SCc1nc2c(Br)cc(Br)cc2c(=O)n1-c1ccccc1OC. The van der Waals surface area contributed by atoms with Crippen molar-refractivity contribution in [3.8, 4) is 11.4 Å². The number of para-hydroxylation sites is 2. The Bertz CT molecular complexity index is 1040. The van der Waals surface area contributed by atoms with Gasteiger partial charge in [0.25, 0.3) is 5.56 Å². The Morgan fingerprint density at radius 2 is 2.00 bits per heavy atom. The van der Waals surface area contributed by atoms with E-state index in [1.807, 2.05) is 36.4 Å². The number of benzene rings is 2. The molecule has 7 heteroatoms. The second kappa shape index (κ2) is 8.80. The fourth-order valence-corrected chi connectivity index (χ4v) is 4.93. The highest BCUT2D eigenvalue weighted by Crippen LogP contribution is 2.29. The third-order valence-electron chi connectivity index (χ3n) is 4.36. The van der Waals surface area contributed by atoms with Crippen molar-refractivity contribution in [2.45, 2.75) is 31.3 Å². The van der Waals surface area contributed by atoms with Gasteiger partial charge < -0.3 is 4.74 Å². The molecule has 1 atom stereocenters. The van der Waals surface area contributed by atoms with Crippen LogP contribution in [0.2, 0.25) is 0 Å². The molecular formula is C20H20Br2N2O2S. The first-order valence-corrected chi connectivity index (χ1v) is 11.2. The van der Waals surface area contributed by atoms with Crippen LogP contribution < -0.4 is 10.3 Å². The van der Waals surface area contributed by atoms with Crippen molar-refractivity contribution in [3.05, 3.63) is 61.5 Å². The largest absolute Gasteiger partial charge is 0.495 e. The van der Waals surface area contributed by atoms with Gasteiger partial charge in [0.2, 0.25) is 0 Å². The maximum Gasteiger partial charge on any atom is 0.266 e. The van der Waals surface area contributed by atoms with E-state index in [1.54, 1.807) is 23.4 Å². The maximum absolute atomic E-state index is 13.5. The van der Waals surface area contributed by atoms with Crippen LogP contribution in [0.5, 0.6) is 5.75 Å². The van der Waals surface area contributed by atoms with Gasteiger partial charge in [-0.2, -0.15) is 11.8 Å². The van der Waals surface area contributed by atoms with E-state index in [2.05, 4.69) is 45.7 Å².